The van der Waals surface area contributed by atoms with Crippen molar-refractivity contribution < 1.29 is 28.2 Å². The number of furan rings is 1. The lowest BCUT2D eigenvalue weighted by Gasteiger charge is -2.32. The lowest BCUT2D eigenvalue weighted by atomic mass is 9.99. The molecule has 202 valence electrons. The first-order chi connectivity index (χ1) is 18.4. The number of amides is 2. The molecule has 0 aliphatic heterocycles. The van der Waals surface area contributed by atoms with Gasteiger partial charge in [-0.3, -0.25) is 14.5 Å². The summed E-state index contributed by atoms with van der Waals surface area (Å²) in [7, 11) is 4.56. The van der Waals surface area contributed by atoms with E-state index in [1.54, 1.807) is 24.3 Å². The van der Waals surface area contributed by atoms with Crippen LogP contribution in [-0.2, 0) is 4.79 Å². The maximum atomic E-state index is 14.1. The molecular weight excluding hydrogens is 484 g/mol. The molecule has 0 unspecified atom stereocenters. The van der Waals surface area contributed by atoms with Crippen molar-refractivity contribution in [1.82, 2.24) is 5.32 Å². The number of rotatable bonds is 10. The van der Waals surface area contributed by atoms with E-state index in [0.29, 0.717) is 34.4 Å². The molecular formula is C30H36N2O6. The third-order valence-corrected chi connectivity index (χ3v) is 7.00. The average molecular weight is 521 g/mol. The lowest BCUT2D eigenvalue weighted by Crippen LogP contribution is -2.46. The van der Waals surface area contributed by atoms with Crippen LogP contribution < -0.4 is 24.4 Å². The minimum absolute atomic E-state index is 0.0518. The van der Waals surface area contributed by atoms with E-state index < -0.39 is 11.9 Å². The minimum Gasteiger partial charge on any atom is -0.493 e. The van der Waals surface area contributed by atoms with Gasteiger partial charge < -0.3 is 23.9 Å². The number of hydrogen-bond acceptors (Lipinski definition) is 6. The first-order valence-electron chi connectivity index (χ1n) is 12.9. The van der Waals surface area contributed by atoms with Gasteiger partial charge >= 0.3 is 0 Å². The fraction of sp³-hybridized carbons (Fsp3) is 0.400. The third-order valence-electron chi connectivity index (χ3n) is 7.00. The van der Waals surface area contributed by atoms with Gasteiger partial charge in [0.25, 0.3) is 5.91 Å². The third kappa shape index (κ3) is 5.64. The average Bonchev–Trinajstić information content (AvgIpc) is 3.65. The van der Waals surface area contributed by atoms with Crippen molar-refractivity contribution in [1.29, 1.82) is 0 Å². The van der Waals surface area contributed by atoms with Gasteiger partial charge in [-0.25, -0.2) is 0 Å². The molecule has 1 heterocycles. The van der Waals surface area contributed by atoms with Crippen molar-refractivity contribution in [2.24, 2.45) is 0 Å². The molecule has 1 saturated carbocycles. The number of benzene rings is 2. The van der Waals surface area contributed by atoms with E-state index >= 15 is 0 Å². The molecule has 2 aromatic carbocycles. The molecule has 1 N–H and O–H groups in total. The van der Waals surface area contributed by atoms with Gasteiger partial charge in [-0.1, -0.05) is 38.8 Å². The van der Waals surface area contributed by atoms with E-state index in [1.807, 2.05) is 24.3 Å². The highest BCUT2D eigenvalue weighted by Crippen LogP contribution is 2.42. The zero-order chi connectivity index (χ0) is 27.2. The van der Waals surface area contributed by atoms with Gasteiger partial charge in [-0.2, -0.15) is 0 Å². The highest BCUT2D eigenvalue weighted by molar-refractivity contribution is 6.08. The standard InChI is InChI=1S/C30H36N2O6/c1-19(2)20-12-14-23(15-13-20)32(30(34)24-11-8-16-38-24)27(29(33)31-22-9-6-7-10-22)21-17-25(35-3)28(37-5)26(18-21)36-4/h8,11-19,22,27H,6-7,9-10H2,1-5H3,(H,31,33)/t27-/m1/s1. The van der Waals surface area contributed by atoms with Gasteiger partial charge in [-0.15, -0.1) is 0 Å². The Kier molecular flexibility index (Phi) is 8.61. The van der Waals surface area contributed by atoms with Gasteiger partial charge in [0.05, 0.1) is 27.6 Å². The van der Waals surface area contributed by atoms with Crippen LogP contribution in [0.1, 0.15) is 73.2 Å². The predicted molar refractivity (Wildman–Crippen MR) is 145 cm³/mol. The summed E-state index contributed by atoms with van der Waals surface area (Å²) in [5, 5.41) is 3.18. The highest BCUT2D eigenvalue weighted by Gasteiger charge is 2.37. The number of nitrogens with one attached hydrogen (secondary N) is 1. The maximum Gasteiger partial charge on any atom is 0.294 e. The van der Waals surface area contributed by atoms with Crippen molar-refractivity contribution in [3.8, 4) is 17.2 Å². The lowest BCUT2D eigenvalue weighted by molar-refractivity contribution is -0.123. The Morgan fingerprint density at radius 1 is 0.921 bits per heavy atom. The van der Waals surface area contributed by atoms with Crippen LogP contribution in [0.25, 0.3) is 0 Å². The molecule has 0 spiro atoms. The Balaban J connectivity index is 1.90. The zero-order valence-corrected chi connectivity index (χ0v) is 22.7. The maximum absolute atomic E-state index is 14.1. The first kappa shape index (κ1) is 27.1. The molecule has 3 aromatic rings. The van der Waals surface area contributed by atoms with Gasteiger partial charge in [0.1, 0.15) is 6.04 Å². The van der Waals surface area contributed by atoms with Crippen LogP contribution in [0, 0.1) is 0 Å². The second-order valence-electron chi connectivity index (χ2n) is 9.75. The second kappa shape index (κ2) is 12.1. The molecule has 1 atom stereocenters. The summed E-state index contributed by atoms with van der Waals surface area (Å²) in [5.74, 6) is 0.895. The summed E-state index contributed by atoms with van der Waals surface area (Å²) in [6, 6.07) is 13.4. The topological polar surface area (TPSA) is 90.2 Å². The molecule has 1 aromatic heterocycles. The quantitative estimate of drug-likeness (QED) is 0.359. The smallest absolute Gasteiger partial charge is 0.294 e. The normalized spacial score (nSPS) is 14.3. The number of carbonyl (C=O) groups is 2. The number of nitrogens with zero attached hydrogens (tertiary/aromatic N) is 1. The van der Waals surface area contributed by atoms with Gasteiger partial charge in [-0.05, 0) is 66.3 Å². The number of carbonyl (C=O) groups excluding carboxylic acids is 2. The van der Waals surface area contributed by atoms with E-state index in [2.05, 4.69) is 19.2 Å². The first-order valence-corrected chi connectivity index (χ1v) is 12.9. The number of methoxy groups -OCH3 is 3. The molecule has 1 aliphatic carbocycles. The van der Waals surface area contributed by atoms with E-state index in [1.165, 1.54) is 32.5 Å². The molecule has 0 bridgehead atoms. The van der Waals surface area contributed by atoms with Crippen molar-refractivity contribution in [3.05, 3.63) is 71.7 Å². The van der Waals surface area contributed by atoms with E-state index in [4.69, 9.17) is 18.6 Å². The largest absolute Gasteiger partial charge is 0.493 e. The van der Waals surface area contributed by atoms with Gasteiger partial charge in [0.15, 0.2) is 17.3 Å². The Hall–Kier alpha value is -3.94. The molecule has 1 aliphatic rings. The Morgan fingerprint density at radius 3 is 2.05 bits per heavy atom. The van der Waals surface area contributed by atoms with Crippen LogP contribution in [0.2, 0.25) is 0 Å². The number of hydrogen-bond donors (Lipinski definition) is 1. The summed E-state index contributed by atoms with van der Waals surface area (Å²) >= 11 is 0. The molecule has 4 rings (SSSR count). The Bertz CT molecular complexity index is 1210. The predicted octanol–water partition coefficient (Wildman–Crippen LogP) is 5.88. The van der Waals surface area contributed by atoms with Gasteiger partial charge in [0.2, 0.25) is 11.7 Å². The van der Waals surface area contributed by atoms with E-state index in [9.17, 15) is 9.59 Å². The Morgan fingerprint density at radius 2 is 1.55 bits per heavy atom. The molecule has 0 saturated heterocycles. The molecule has 8 nitrogen and oxygen atoms in total. The summed E-state index contributed by atoms with van der Waals surface area (Å²) in [6.07, 6.45) is 5.38. The number of ether oxygens (including phenoxy) is 3. The summed E-state index contributed by atoms with van der Waals surface area (Å²) in [6.45, 7) is 4.21. The SMILES string of the molecule is COc1cc([C@H](C(=O)NC2CCCC2)N(C(=O)c2ccco2)c2ccc(C(C)C)cc2)cc(OC)c1OC. The van der Waals surface area contributed by atoms with Crippen LogP contribution in [0.3, 0.4) is 0 Å². The van der Waals surface area contributed by atoms with Crippen molar-refractivity contribution in [2.75, 3.05) is 26.2 Å². The summed E-state index contributed by atoms with van der Waals surface area (Å²) in [5.41, 5.74) is 2.21. The van der Waals surface area contributed by atoms with Gasteiger partial charge in [0, 0.05) is 11.7 Å². The van der Waals surface area contributed by atoms with Crippen LogP contribution in [-0.4, -0.2) is 39.2 Å². The monoisotopic (exact) mass is 520 g/mol. The molecule has 1 fully saturated rings. The Labute approximate surface area is 223 Å². The van der Waals surface area contributed by atoms with Crippen molar-refractivity contribution >= 4 is 17.5 Å². The van der Waals surface area contributed by atoms with Crippen LogP contribution >= 0.6 is 0 Å². The molecule has 0 radical (unpaired) electrons. The van der Waals surface area contributed by atoms with Crippen LogP contribution in [0.15, 0.2) is 59.2 Å². The summed E-state index contributed by atoms with van der Waals surface area (Å²) in [4.78, 5) is 29.5. The second-order valence-corrected chi connectivity index (χ2v) is 9.75. The highest BCUT2D eigenvalue weighted by atomic mass is 16.5. The van der Waals surface area contributed by atoms with E-state index in [0.717, 1.165) is 31.2 Å². The van der Waals surface area contributed by atoms with Crippen molar-refractivity contribution in [2.45, 2.75) is 57.5 Å². The fourth-order valence-corrected chi connectivity index (χ4v) is 4.95. The van der Waals surface area contributed by atoms with Crippen LogP contribution in [0.4, 0.5) is 5.69 Å². The molecule has 38 heavy (non-hydrogen) atoms. The summed E-state index contributed by atoms with van der Waals surface area (Å²) < 4.78 is 22.2. The number of anilines is 1. The zero-order valence-electron chi connectivity index (χ0n) is 22.7. The minimum atomic E-state index is -1.04. The molecule has 8 heteroatoms. The fourth-order valence-electron chi connectivity index (χ4n) is 4.95. The van der Waals surface area contributed by atoms with Crippen molar-refractivity contribution in [3.63, 3.8) is 0 Å². The van der Waals surface area contributed by atoms with E-state index in [-0.39, 0.29) is 17.7 Å². The van der Waals surface area contributed by atoms with Crippen LogP contribution in [0.5, 0.6) is 17.2 Å². The molecule has 2 amide bonds.